The second kappa shape index (κ2) is 8.19. The lowest BCUT2D eigenvalue weighted by Crippen LogP contribution is -2.56. The molecule has 1 aromatic heterocycles. The molecule has 2 aliphatic heterocycles. The number of alkyl halides is 1. The molecule has 11 heteroatoms. The number of hydrogen-bond acceptors (Lipinski definition) is 6. The van der Waals surface area contributed by atoms with Gasteiger partial charge in [-0.3, -0.25) is 9.80 Å². The minimum atomic E-state index is -3.45. The van der Waals surface area contributed by atoms with Crippen LogP contribution >= 0.6 is 0 Å². The van der Waals surface area contributed by atoms with Crippen LogP contribution < -0.4 is 5.73 Å². The van der Waals surface area contributed by atoms with Gasteiger partial charge in [-0.05, 0) is 31.5 Å². The van der Waals surface area contributed by atoms with Crippen molar-refractivity contribution in [2.45, 2.75) is 50.7 Å². The Kier molecular flexibility index (Phi) is 5.88. The smallest absolute Gasteiger partial charge is 0.250 e. The van der Waals surface area contributed by atoms with Crippen molar-refractivity contribution in [2.24, 2.45) is 5.73 Å². The molecule has 0 saturated carbocycles. The molecule has 1 saturated heterocycles. The Balaban J connectivity index is 1.56. The van der Waals surface area contributed by atoms with Crippen LogP contribution in [0.1, 0.15) is 36.2 Å². The first-order chi connectivity index (χ1) is 14.5. The minimum absolute atomic E-state index is 0.0458. The van der Waals surface area contributed by atoms with E-state index in [1.165, 1.54) is 13.1 Å². The van der Waals surface area contributed by atoms with Gasteiger partial charge in [-0.15, -0.1) is 0 Å². The number of aromatic nitrogens is 2. The fourth-order valence-electron chi connectivity index (χ4n) is 4.70. The summed E-state index contributed by atoms with van der Waals surface area (Å²) < 4.78 is 66.7. The number of halogens is 3. The normalized spacial score (nSPS) is 26.2. The van der Waals surface area contributed by atoms with Gasteiger partial charge < -0.3 is 5.73 Å². The predicted molar refractivity (Wildman–Crippen MR) is 109 cm³/mol. The van der Waals surface area contributed by atoms with Gasteiger partial charge in [-0.25, -0.2) is 21.6 Å². The van der Waals surface area contributed by atoms with Gasteiger partial charge in [-0.1, -0.05) is 0 Å². The van der Waals surface area contributed by atoms with Crippen LogP contribution in [0.5, 0.6) is 0 Å². The summed E-state index contributed by atoms with van der Waals surface area (Å²) in [6.45, 7) is 2.85. The highest BCUT2D eigenvalue weighted by Gasteiger charge is 2.41. The van der Waals surface area contributed by atoms with E-state index in [1.54, 1.807) is 4.90 Å². The molecular formula is C20H26F3N5O2S. The van der Waals surface area contributed by atoms with Crippen molar-refractivity contribution in [3.63, 3.8) is 0 Å². The number of benzene rings is 1. The number of fused-ring (bicyclic) bond motifs is 1. The average Bonchev–Trinajstić information content (AvgIpc) is 3.22. The van der Waals surface area contributed by atoms with Crippen molar-refractivity contribution >= 4 is 10.0 Å². The second-order valence-electron chi connectivity index (χ2n) is 8.54. The standard InChI is InChI=1S/C20H26F3N5O2S/c1-12(21)7-27-10-15(6-18(24)20(27)16-5-14(22)3-4-17(16)23)26-8-13-9-28(31(2,29)30)25-19(13)11-26/h3-5,9,12,15,18,20H,6-8,10-11,24H2,1-2H3/t12-,15+,18-,20+/m0/s1. The maximum Gasteiger partial charge on any atom is 0.250 e. The predicted octanol–water partition coefficient (Wildman–Crippen LogP) is 1.79. The maximum atomic E-state index is 14.5. The summed E-state index contributed by atoms with van der Waals surface area (Å²) in [5, 5.41) is 4.17. The number of nitrogens with two attached hydrogens (primary N) is 1. The quantitative estimate of drug-likeness (QED) is 0.737. The van der Waals surface area contributed by atoms with E-state index in [4.69, 9.17) is 5.73 Å². The van der Waals surface area contributed by atoms with Crippen molar-refractivity contribution in [2.75, 3.05) is 19.3 Å². The fraction of sp³-hybridized carbons (Fsp3) is 0.550. The van der Waals surface area contributed by atoms with Crippen LogP contribution in [0.15, 0.2) is 24.4 Å². The summed E-state index contributed by atoms with van der Waals surface area (Å²) in [6, 6.07) is 2.04. The van der Waals surface area contributed by atoms with Crippen LogP contribution in [-0.4, -0.2) is 65.0 Å². The van der Waals surface area contributed by atoms with Gasteiger partial charge in [-0.2, -0.15) is 9.19 Å². The van der Waals surface area contributed by atoms with E-state index in [9.17, 15) is 21.6 Å². The zero-order valence-corrected chi connectivity index (χ0v) is 18.2. The first-order valence-corrected chi connectivity index (χ1v) is 12.0. The van der Waals surface area contributed by atoms with E-state index < -0.39 is 39.9 Å². The molecule has 4 atom stereocenters. The number of rotatable bonds is 5. The molecule has 170 valence electrons. The summed E-state index contributed by atoms with van der Waals surface area (Å²) in [7, 11) is -3.45. The zero-order valence-electron chi connectivity index (χ0n) is 17.4. The van der Waals surface area contributed by atoms with Gasteiger partial charge >= 0.3 is 0 Å². The largest absolute Gasteiger partial charge is 0.326 e. The highest BCUT2D eigenvalue weighted by molar-refractivity contribution is 7.89. The molecule has 1 fully saturated rings. The van der Waals surface area contributed by atoms with Crippen LogP contribution in [0, 0.1) is 11.6 Å². The molecule has 0 unspecified atom stereocenters. The molecule has 4 rings (SSSR count). The van der Waals surface area contributed by atoms with Crippen LogP contribution in [0.25, 0.3) is 0 Å². The van der Waals surface area contributed by atoms with Gasteiger partial charge in [0, 0.05) is 55.6 Å². The number of piperidine rings is 1. The molecule has 0 radical (unpaired) electrons. The number of hydrogen-bond donors (Lipinski definition) is 1. The number of likely N-dealkylation sites (tertiary alicyclic amines) is 1. The van der Waals surface area contributed by atoms with Crippen molar-refractivity contribution in [3.05, 3.63) is 52.9 Å². The second-order valence-corrected chi connectivity index (χ2v) is 10.4. The van der Waals surface area contributed by atoms with E-state index in [1.807, 2.05) is 0 Å². The van der Waals surface area contributed by atoms with Gasteiger partial charge in [0.25, 0.3) is 10.0 Å². The highest BCUT2D eigenvalue weighted by Crippen LogP contribution is 2.36. The summed E-state index contributed by atoms with van der Waals surface area (Å²) in [4.78, 5) is 3.91. The third kappa shape index (κ3) is 4.50. The van der Waals surface area contributed by atoms with Gasteiger partial charge in [0.2, 0.25) is 0 Å². The summed E-state index contributed by atoms with van der Waals surface area (Å²) in [5.74, 6) is -1.13. The van der Waals surface area contributed by atoms with Crippen LogP contribution in [-0.2, 0) is 23.1 Å². The number of nitrogens with zero attached hydrogens (tertiary/aromatic N) is 4. The molecule has 0 spiro atoms. The monoisotopic (exact) mass is 457 g/mol. The Bertz CT molecular complexity index is 1050. The summed E-state index contributed by atoms with van der Waals surface area (Å²) in [6.07, 6.45) is 1.95. The van der Waals surface area contributed by atoms with Gasteiger partial charge in [0.15, 0.2) is 0 Å². The molecule has 0 aliphatic carbocycles. The first-order valence-electron chi connectivity index (χ1n) is 10.1. The molecule has 1 aromatic carbocycles. The lowest BCUT2D eigenvalue weighted by atomic mass is 9.87. The van der Waals surface area contributed by atoms with Gasteiger partial charge in [0.1, 0.15) is 17.8 Å². The molecule has 2 aromatic rings. The topological polar surface area (TPSA) is 84.5 Å². The van der Waals surface area contributed by atoms with Crippen molar-refractivity contribution < 1.29 is 21.6 Å². The molecular weight excluding hydrogens is 431 g/mol. The van der Waals surface area contributed by atoms with E-state index in [0.717, 1.165) is 34.1 Å². The Hall–Kier alpha value is -1.95. The average molecular weight is 458 g/mol. The Morgan fingerprint density at radius 1 is 1.29 bits per heavy atom. The lowest BCUT2D eigenvalue weighted by Gasteiger charge is -2.46. The minimum Gasteiger partial charge on any atom is -0.326 e. The van der Waals surface area contributed by atoms with Crippen molar-refractivity contribution in [1.82, 2.24) is 19.0 Å². The molecule has 0 amide bonds. The molecule has 3 heterocycles. The van der Waals surface area contributed by atoms with Crippen LogP contribution in [0.3, 0.4) is 0 Å². The van der Waals surface area contributed by atoms with E-state index in [2.05, 4.69) is 10.00 Å². The third-order valence-electron chi connectivity index (χ3n) is 5.99. The SMILES string of the molecule is C[C@H](F)CN1C[C@H](N2Cc3cn(S(C)(=O)=O)nc3C2)C[C@H](N)[C@H]1c1cc(F)ccc1F. The maximum absolute atomic E-state index is 14.5. The highest BCUT2D eigenvalue weighted by atomic mass is 32.2. The summed E-state index contributed by atoms with van der Waals surface area (Å²) in [5.41, 5.74) is 8.08. The lowest BCUT2D eigenvalue weighted by molar-refractivity contribution is 0.0287. The molecule has 0 bridgehead atoms. The van der Waals surface area contributed by atoms with Crippen molar-refractivity contribution in [3.8, 4) is 0 Å². The zero-order chi connectivity index (χ0) is 22.5. The van der Waals surface area contributed by atoms with Crippen molar-refractivity contribution in [1.29, 1.82) is 0 Å². The van der Waals surface area contributed by atoms with Crippen LogP contribution in [0.2, 0.25) is 0 Å². The molecule has 2 aliphatic rings. The summed E-state index contributed by atoms with van der Waals surface area (Å²) >= 11 is 0. The van der Waals surface area contributed by atoms with Crippen LogP contribution in [0.4, 0.5) is 13.2 Å². The fourth-order valence-corrected chi connectivity index (χ4v) is 5.26. The molecule has 31 heavy (non-hydrogen) atoms. The molecule has 7 nitrogen and oxygen atoms in total. The third-order valence-corrected chi connectivity index (χ3v) is 6.86. The van der Waals surface area contributed by atoms with E-state index >= 15 is 0 Å². The Morgan fingerprint density at radius 2 is 2.03 bits per heavy atom. The Labute approximate surface area is 179 Å². The Morgan fingerprint density at radius 3 is 2.68 bits per heavy atom. The molecule has 2 N–H and O–H groups in total. The van der Waals surface area contributed by atoms with Gasteiger partial charge in [0.05, 0.1) is 18.0 Å². The first kappa shape index (κ1) is 22.3. The van der Waals surface area contributed by atoms with E-state index in [-0.39, 0.29) is 18.2 Å². The van der Waals surface area contributed by atoms with E-state index in [0.29, 0.717) is 31.7 Å².